The minimum Gasteiger partial charge on any atom is -0.497 e. The van der Waals surface area contributed by atoms with Crippen LogP contribution in [0.2, 0.25) is 0 Å². The zero-order valence-corrected chi connectivity index (χ0v) is 12.4. The standard InChI is InChI=1S/C15H21N3O3/c1-19-10-21-15-8-5-12(17-18-16)9-14(15)11-3-6-13(20-2)7-4-11/h3-4,6-7,12,14-15H,5,8-10H2,1-2H3/t12-,14+,15-/m1/s1. The Balaban J connectivity index is 2.16. The van der Waals surface area contributed by atoms with E-state index in [2.05, 4.69) is 10.0 Å². The molecular formula is C15H21N3O3. The van der Waals surface area contributed by atoms with Crippen molar-refractivity contribution in [2.45, 2.75) is 37.3 Å². The topological polar surface area (TPSA) is 76.5 Å². The Morgan fingerprint density at radius 3 is 2.62 bits per heavy atom. The third-order valence-corrected chi connectivity index (χ3v) is 3.92. The maximum atomic E-state index is 8.64. The van der Waals surface area contributed by atoms with Crippen LogP contribution in [-0.4, -0.2) is 33.2 Å². The summed E-state index contributed by atoms with van der Waals surface area (Å²) in [5.41, 5.74) is 9.82. The van der Waals surface area contributed by atoms with Crippen LogP contribution in [0.4, 0.5) is 0 Å². The van der Waals surface area contributed by atoms with Crippen LogP contribution in [0.3, 0.4) is 0 Å². The summed E-state index contributed by atoms with van der Waals surface area (Å²) in [6.07, 6.45) is 2.60. The molecule has 0 radical (unpaired) electrons. The highest BCUT2D eigenvalue weighted by Gasteiger charge is 2.32. The van der Waals surface area contributed by atoms with Gasteiger partial charge < -0.3 is 14.2 Å². The summed E-state index contributed by atoms with van der Waals surface area (Å²) in [5.74, 6) is 1.03. The molecule has 0 heterocycles. The average molecular weight is 291 g/mol. The summed E-state index contributed by atoms with van der Waals surface area (Å²) in [6, 6.07) is 8.01. The lowest BCUT2D eigenvalue weighted by Crippen LogP contribution is -2.32. The Bertz CT molecular complexity index is 485. The Morgan fingerprint density at radius 2 is 2.00 bits per heavy atom. The predicted octanol–water partition coefficient (Wildman–Crippen LogP) is 3.63. The fraction of sp³-hybridized carbons (Fsp3) is 0.600. The summed E-state index contributed by atoms with van der Waals surface area (Å²) in [5, 5.41) is 3.88. The summed E-state index contributed by atoms with van der Waals surface area (Å²) in [4.78, 5) is 2.94. The van der Waals surface area contributed by atoms with E-state index >= 15 is 0 Å². The molecule has 0 amide bonds. The molecule has 1 aromatic carbocycles. The van der Waals surface area contributed by atoms with Crippen LogP contribution in [0.15, 0.2) is 29.4 Å². The van der Waals surface area contributed by atoms with Crippen molar-refractivity contribution < 1.29 is 14.2 Å². The summed E-state index contributed by atoms with van der Waals surface area (Å²) < 4.78 is 16.0. The smallest absolute Gasteiger partial charge is 0.146 e. The minimum atomic E-state index is 0.0319. The van der Waals surface area contributed by atoms with Crippen LogP contribution in [0, 0.1) is 0 Å². The lowest BCUT2D eigenvalue weighted by atomic mass is 9.79. The predicted molar refractivity (Wildman–Crippen MR) is 79.3 cm³/mol. The fourth-order valence-electron chi connectivity index (χ4n) is 2.86. The van der Waals surface area contributed by atoms with E-state index in [1.165, 1.54) is 5.56 Å². The van der Waals surface area contributed by atoms with Crippen molar-refractivity contribution >= 4 is 0 Å². The van der Waals surface area contributed by atoms with Gasteiger partial charge in [-0.3, -0.25) is 0 Å². The van der Waals surface area contributed by atoms with Crippen molar-refractivity contribution in [2.75, 3.05) is 21.0 Å². The van der Waals surface area contributed by atoms with Gasteiger partial charge in [-0.15, -0.1) is 0 Å². The molecule has 1 aromatic rings. The molecule has 6 nitrogen and oxygen atoms in total. The third kappa shape index (κ3) is 4.11. The maximum Gasteiger partial charge on any atom is 0.146 e. The Morgan fingerprint density at radius 1 is 1.24 bits per heavy atom. The van der Waals surface area contributed by atoms with Crippen LogP contribution in [0.25, 0.3) is 10.4 Å². The Kier molecular flexibility index (Phi) is 5.87. The molecule has 21 heavy (non-hydrogen) atoms. The van der Waals surface area contributed by atoms with E-state index in [0.29, 0.717) is 0 Å². The second-order valence-corrected chi connectivity index (χ2v) is 5.16. The van der Waals surface area contributed by atoms with Crippen LogP contribution in [-0.2, 0) is 9.47 Å². The second-order valence-electron chi connectivity index (χ2n) is 5.16. The van der Waals surface area contributed by atoms with Crippen molar-refractivity contribution in [1.29, 1.82) is 0 Å². The average Bonchev–Trinajstić information content (AvgIpc) is 2.54. The lowest BCUT2D eigenvalue weighted by molar-refractivity contribution is -0.0908. The molecule has 0 N–H and O–H groups in total. The van der Waals surface area contributed by atoms with Gasteiger partial charge in [0.1, 0.15) is 12.5 Å². The van der Waals surface area contributed by atoms with Crippen molar-refractivity contribution in [2.24, 2.45) is 5.11 Å². The molecule has 1 aliphatic rings. The molecule has 0 spiro atoms. The molecule has 0 saturated heterocycles. The number of methoxy groups -OCH3 is 2. The first-order chi connectivity index (χ1) is 10.3. The van der Waals surface area contributed by atoms with Crippen LogP contribution < -0.4 is 4.74 Å². The van der Waals surface area contributed by atoms with Gasteiger partial charge in [0.05, 0.1) is 13.2 Å². The molecular weight excluding hydrogens is 270 g/mol. The highest BCUT2D eigenvalue weighted by atomic mass is 16.7. The SMILES string of the molecule is COCO[C@@H]1CC[C@@H](N=[N+]=[N-])C[C@H]1c1ccc(OC)cc1. The van der Waals surface area contributed by atoms with Gasteiger partial charge in [-0.1, -0.05) is 17.2 Å². The molecule has 1 aliphatic carbocycles. The first-order valence-electron chi connectivity index (χ1n) is 7.07. The monoisotopic (exact) mass is 291 g/mol. The molecule has 114 valence electrons. The number of hydrogen-bond donors (Lipinski definition) is 0. The zero-order chi connectivity index (χ0) is 15.1. The van der Waals surface area contributed by atoms with Gasteiger partial charge in [0.15, 0.2) is 0 Å². The van der Waals surface area contributed by atoms with E-state index in [0.717, 1.165) is 25.0 Å². The van der Waals surface area contributed by atoms with Gasteiger partial charge in [-0.2, -0.15) is 0 Å². The van der Waals surface area contributed by atoms with Crippen LogP contribution >= 0.6 is 0 Å². The Labute approximate surface area is 124 Å². The van der Waals surface area contributed by atoms with Crippen LogP contribution in [0.1, 0.15) is 30.7 Å². The largest absolute Gasteiger partial charge is 0.497 e. The Hall–Kier alpha value is -1.75. The quantitative estimate of drug-likeness (QED) is 0.347. The van der Waals surface area contributed by atoms with Crippen molar-refractivity contribution in [3.63, 3.8) is 0 Å². The number of hydrogen-bond acceptors (Lipinski definition) is 4. The highest BCUT2D eigenvalue weighted by Crippen LogP contribution is 2.37. The van der Waals surface area contributed by atoms with E-state index in [9.17, 15) is 0 Å². The summed E-state index contributed by atoms with van der Waals surface area (Å²) in [6.45, 7) is 0.281. The van der Waals surface area contributed by atoms with Crippen molar-refractivity contribution in [1.82, 2.24) is 0 Å². The molecule has 0 aliphatic heterocycles. The number of ether oxygens (including phenoxy) is 3. The van der Waals surface area contributed by atoms with Crippen molar-refractivity contribution in [3.8, 4) is 5.75 Å². The zero-order valence-electron chi connectivity index (χ0n) is 12.4. The van der Waals surface area contributed by atoms with Gasteiger partial charge >= 0.3 is 0 Å². The van der Waals surface area contributed by atoms with E-state index in [4.69, 9.17) is 19.7 Å². The van der Waals surface area contributed by atoms with Gasteiger partial charge in [-0.25, -0.2) is 0 Å². The molecule has 1 fully saturated rings. The van der Waals surface area contributed by atoms with Crippen molar-refractivity contribution in [3.05, 3.63) is 40.3 Å². The number of benzene rings is 1. The molecule has 0 bridgehead atoms. The first-order valence-corrected chi connectivity index (χ1v) is 7.07. The molecule has 2 rings (SSSR count). The number of nitrogens with zero attached hydrogens (tertiary/aromatic N) is 3. The first kappa shape index (κ1) is 15.6. The van der Waals surface area contributed by atoms with E-state index < -0.39 is 0 Å². The van der Waals surface area contributed by atoms with E-state index in [1.54, 1.807) is 14.2 Å². The molecule has 6 heteroatoms. The van der Waals surface area contributed by atoms with E-state index in [-0.39, 0.29) is 24.9 Å². The second kappa shape index (κ2) is 7.88. The van der Waals surface area contributed by atoms with Gasteiger partial charge in [0.2, 0.25) is 0 Å². The lowest BCUT2D eigenvalue weighted by Gasteiger charge is -2.34. The van der Waals surface area contributed by atoms with Gasteiger partial charge in [0, 0.05) is 24.0 Å². The van der Waals surface area contributed by atoms with Crippen LogP contribution in [0.5, 0.6) is 5.75 Å². The van der Waals surface area contributed by atoms with E-state index in [1.807, 2.05) is 24.3 Å². The summed E-state index contributed by atoms with van der Waals surface area (Å²) in [7, 11) is 3.27. The minimum absolute atomic E-state index is 0.0319. The highest BCUT2D eigenvalue weighted by molar-refractivity contribution is 5.30. The number of azide groups is 1. The maximum absolute atomic E-state index is 8.64. The molecule has 0 unspecified atom stereocenters. The van der Waals surface area contributed by atoms with Gasteiger partial charge in [-0.05, 0) is 42.5 Å². The molecule has 3 atom stereocenters. The van der Waals surface area contributed by atoms with Gasteiger partial charge in [0.25, 0.3) is 0 Å². The summed E-state index contributed by atoms with van der Waals surface area (Å²) >= 11 is 0. The molecule has 0 aromatic heterocycles. The normalized spacial score (nSPS) is 25.1. The fourth-order valence-corrected chi connectivity index (χ4v) is 2.86. The number of rotatable bonds is 6. The third-order valence-electron chi connectivity index (χ3n) is 3.92. The molecule has 1 saturated carbocycles.